The van der Waals surface area contributed by atoms with E-state index in [0.717, 1.165) is 18.9 Å². The van der Waals surface area contributed by atoms with Crippen LogP contribution in [-0.2, 0) is 0 Å². The van der Waals surface area contributed by atoms with Gasteiger partial charge in [-0.1, -0.05) is 43.2 Å². The second-order valence-electron chi connectivity index (χ2n) is 10.9. The summed E-state index contributed by atoms with van der Waals surface area (Å²) in [6.07, 6.45) is 26.2. The maximum atomic E-state index is 4.94. The van der Waals surface area contributed by atoms with Gasteiger partial charge in [-0.15, -0.1) is 0 Å². The van der Waals surface area contributed by atoms with Crippen molar-refractivity contribution in [1.29, 1.82) is 0 Å². The Labute approximate surface area is 188 Å². The summed E-state index contributed by atoms with van der Waals surface area (Å²) in [6, 6.07) is 0. The lowest BCUT2D eigenvalue weighted by Gasteiger charge is -2.49. The first-order valence-electron chi connectivity index (χ1n) is 13.1. The Kier molecular flexibility index (Phi) is 5.31. The van der Waals surface area contributed by atoms with Crippen LogP contribution in [0, 0.1) is 11.3 Å². The molecule has 3 heteroatoms. The van der Waals surface area contributed by atoms with Gasteiger partial charge in [-0.2, -0.15) is 0 Å². The van der Waals surface area contributed by atoms with E-state index in [1.165, 1.54) is 96.1 Å². The second-order valence-corrected chi connectivity index (χ2v) is 10.9. The van der Waals surface area contributed by atoms with Crippen molar-refractivity contribution >= 4 is 5.71 Å². The van der Waals surface area contributed by atoms with Crippen LogP contribution < -0.4 is 5.32 Å². The van der Waals surface area contributed by atoms with Crippen molar-refractivity contribution < 1.29 is 0 Å². The van der Waals surface area contributed by atoms with E-state index >= 15 is 0 Å². The number of hydrogen-bond acceptors (Lipinski definition) is 3. The van der Waals surface area contributed by atoms with Crippen molar-refractivity contribution in [3.05, 3.63) is 47.1 Å². The summed E-state index contributed by atoms with van der Waals surface area (Å²) in [4.78, 5) is 7.73. The highest BCUT2D eigenvalue weighted by molar-refractivity contribution is 6.05. The molecule has 166 valence electrons. The molecule has 1 N–H and O–H groups in total. The zero-order valence-corrected chi connectivity index (χ0v) is 19.2. The summed E-state index contributed by atoms with van der Waals surface area (Å²) in [5, 5.41) is 4.15. The normalized spacial score (nSPS) is 32.9. The maximum Gasteiger partial charge on any atom is 0.0491 e. The summed E-state index contributed by atoms with van der Waals surface area (Å²) in [7, 11) is 0. The van der Waals surface area contributed by atoms with Crippen molar-refractivity contribution in [1.82, 2.24) is 10.2 Å². The molecule has 1 saturated carbocycles. The lowest BCUT2D eigenvalue weighted by atomic mass is 9.67. The summed E-state index contributed by atoms with van der Waals surface area (Å²) in [5.74, 6) is 0.852. The number of aliphatic imine (C=N–C) groups is 1. The Balaban J connectivity index is 1.16. The molecule has 1 spiro atoms. The zero-order chi connectivity index (χ0) is 20.7. The van der Waals surface area contributed by atoms with Crippen LogP contribution in [0.2, 0.25) is 0 Å². The van der Waals surface area contributed by atoms with Gasteiger partial charge < -0.3 is 10.2 Å². The Bertz CT molecular complexity index is 859. The van der Waals surface area contributed by atoms with Gasteiger partial charge in [0.1, 0.15) is 0 Å². The molecule has 1 unspecified atom stereocenters. The molecular weight excluding hydrogens is 378 g/mol. The summed E-state index contributed by atoms with van der Waals surface area (Å²) in [5.41, 5.74) is 7.08. The first kappa shape index (κ1) is 20.2. The lowest BCUT2D eigenvalue weighted by Crippen LogP contribution is -2.57. The van der Waals surface area contributed by atoms with Crippen molar-refractivity contribution in [2.75, 3.05) is 32.7 Å². The predicted molar refractivity (Wildman–Crippen MR) is 130 cm³/mol. The fourth-order valence-electron chi connectivity index (χ4n) is 7.72. The summed E-state index contributed by atoms with van der Waals surface area (Å²) < 4.78 is 0. The minimum atomic E-state index is 0.282. The molecule has 0 aromatic carbocycles. The third-order valence-electron chi connectivity index (χ3n) is 9.49. The van der Waals surface area contributed by atoms with Crippen LogP contribution in [0.4, 0.5) is 0 Å². The molecule has 1 saturated heterocycles. The van der Waals surface area contributed by atoms with Gasteiger partial charge in [0.05, 0.1) is 0 Å². The van der Waals surface area contributed by atoms with Gasteiger partial charge in [-0.3, -0.25) is 4.99 Å². The van der Waals surface area contributed by atoms with Gasteiger partial charge in [0.2, 0.25) is 0 Å². The van der Waals surface area contributed by atoms with Gasteiger partial charge in [-0.25, -0.2) is 0 Å². The van der Waals surface area contributed by atoms with Crippen LogP contribution in [-0.4, -0.2) is 48.9 Å². The predicted octanol–water partition coefficient (Wildman–Crippen LogP) is 5.37. The van der Waals surface area contributed by atoms with Crippen LogP contribution in [0.5, 0.6) is 0 Å². The largest absolute Gasteiger partial charge is 0.307 e. The fraction of sp³-hybridized carbons (Fsp3) is 0.679. The van der Waals surface area contributed by atoms with Crippen LogP contribution >= 0.6 is 0 Å². The Morgan fingerprint density at radius 1 is 1.10 bits per heavy atom. The molecule has 2 fully saturated rings. The van der Waals surface area contributed by atoms with E-state index in [2.05, 4.69) is 40.6 Å². The third kappa shape index (κ3) is 3.43. The molecule has 3 aliphatic carbocycles. The van der Waals surface area contributed by atoms with Gasteiger partial charge in [0.15, 0.2) is 0 Å². The fourth-order valence-corrected chi connectivity index (χ4v) is 7.72. The SMILES string of the molecule is C1=CCC2=NCC3(CCN(CCC4(C5CCCC5)NCCC5=C4CCC=C5)CC3)C2=C1. The van der Waals surface area contributed by atoms with E-state index in [1.807, 2.05) is 0 Å². The topological polar surface area (TPSA) is 27.6 Å². The molecule has 3 nitrogen and oxygen atoms in total. The lowest BCUT2D eigenvalue weighted by molar-refractivity contribution is 0.120. The summed E-state index contributed by atoms with van der Waals surface area (Å²) >= 11 is 0. The third-order valence-corrected chi connectivity index (χ3v) is 9.49. The minimum absolute atomic E-state index is 0.282. The highest BCUT2D eigenvalue weighted by Crippen LogP contribution is 2.48. The molecule has 31 heavy (non-hydrogen) atoms. The van der Waals surface area contributed by atoms with E-state index in [0.29, 0.717) is 5.41 Å². The number of likely N-dealkylation sites (tertiary alicyclic amines) is 1. The molecule has 0 bridgehead atoms. The maximum absolute atomic E-state index is 4.94. The molecule has 1 atom stereocenters. The zero-order valence-electron chi connectivity index (χ0n) is 19.2. The highest BCUT2D eigenvalue weighted by Gasteiger charge is 2.46. The molecule has 6 aliphatic rings. The van der Waals surface area contributed by atoms with Gasteiger partial charge in [0, 0.05) is 36.2 Å². The first-order valence-corrected chi connectivity index (χ1v) is 13.1. The molecule has 0 amide bonds. The minimum Gasteiger partial charge on any atom is -0.307 e. The number of rotatable bonds is 4. The van der Waals surface area contributed by atoms with Crippen molar-refractivity contribution in [3.8, 4) is 0 Å². The van der Waals surface area contributed by atoms with Crippen molar-refractivity contribution in [2.24, 2.45) is 16.3 Å². The first-order chi connectivity index (χ1) is 15.3. The molecule has 3 heterocycles. The van der Waals surface area contributed by atoms with E-state index in [1.54, 1.807) is 16.7 Å². The van der Waals surface area contributed by atoms with Gasteiger partial charge in [-0.05, 0) is 93.6 Å². The Morgan fingerprint density at radius 3 is 2.84 bits per heavy atom. The average molecular weight is 418 g/mol. The van der Waals surface area contributed by atoms with Crippen molar-refractivity contribution in [3.63, 3.8) is 0 Å². The Morgan fingerprint density at radius 2 is 1.97 bits per heavy atom. The standard InChI is InChI=1S/C28H39N3/c1-4-10-24-22(7-1)13-17-30-28(24,23-8-2-3-9-23)16-20-31-18-14-27(15-19-31)21-29-26-12-6-5-11-25(26)27/h1,5-7,11,23,30H,2-4,8-10,12-21H2. The molecular formula is C28H39N3. The van der Waals surface area contributed by atoms with Crippen LogP contribution in [0.1, 0.15) is 70.6 Å². The Hall–Kier alpha value is -1.45. The monoisotopic (exact) mass is 417 g/mol. The number of fused-ring (bicyclic) bond motifs is 2. The van der Waals surface area contributed by atoms with Crippen LogP contribution in [0.25, 0.3) is 0 Å². The number of allylic oxidation sites excluding steroid dienone is 5. The number of piperidine rings is 1. The average Bonchev–Trinajstić information content (AvgIpc) is 3.49. The number of hydrogen-bond donors (Lipinski definition) is 1. The van der Waals surface area contributed by atoms with Crippen molar-refractivity contribution in [2.45, 2.75) is 76.2 Å². The molecule has 0 aromatic heterocycles. The molecule has 0 radical (unpaired) electrons. The number of nitrogens with one attached hydrogen (secondary N) is 1. The quantitative estimate of drug-likeness (QED) is 0.666. The number of nitrogens with zero attached hydrogens (tertiary/aromatic N) is 2. The van der Waals surface area contributed by atoms with Gasteiger partial charge in [0.25, 0.3) is 0 Å². The van der Waals surface area contributed by atoms with Gasteiger partial charge >= 0.3 is 0 Å². The molecule has 6 rings (SSSR count). The van der Waals surface area contributed by atoms with Crippen LogP contribution in [0.3, 0.4) is 0 Å². The highest BCUT2D eigenvalue weighted by atomic mass is 15.1. The van der Waals surface area contributed by atoms with E-state index in [9.17, 15) is 0 Å². The van der Waals surface area contributed by atoms with E-state index in [-0.39, 0.29) is 5.54 Å². The molecule has 0 aromatic rings. The van der Waals surface area contributed by atoms with E-state index in [4.69, 9.17) is 4.99 Å². The van der Waals surface area contributed by atoms with E-state index < -0.39 is 0 Å². The van der Waals surface area contributed by atoms with Crippen LogP contribution in [0.15, 0.2) is 52.1 Å². The summed E-state index contributed by atoms with van der Waals surface area (Å²) in [6.45, 7) is 5.96. The second kappa shape index (κ2) is 8.15. The molecule has 3 aliphatic heterocycles. The smallest absolute Gasteiger partial charge is 0.0491 e.